The molecule has 74 valence electrons. The summed E-state index contributed by atoms with van der Waals surface area (Å²) in [6.07, 6.45) is 6.65. The number of benzene rings is 1. The average Bonchev–Trinajstić information content (AvgIpc) is 2.77. The van der Waals surface area contributed by atoms with Crippen molar-refractivity contribution in [3.63, 3.8) is 0 Å². The van der Waals surface area contributed by atoms with Gasteiger partial charge >= 0.3 is 0 Å². The van der Waals surface area contributed by atoms with Gasteiger partial charge in [0.05, 0.1) is 0 Å². The lowest BCUT2D eigenvalue weighted by molar-refractivity contribution is 0.257. The second kappa shape index (κ2) is 2.83. The second-order valence-electron chi connectivity index (χ2n) is 4.92. The summed E-state index contributed by atoms with van der Waals surface area (Å²) in [7, 11) is 0. The average molecular weight is 187 g/mol. The highest BCUT2D eigenvalue weighted by Gasteiger charge is 2.45. The van der Waals surface area contributed by atoms with Gasteiger partial charge in [0.1, 0.15) is 0 Å². The van der Waals surface area contributed by atoms with Gasteiger partial charge in [-0.15, -0.1) is 0 Å². The van der Waals surface area contributed by atoms with Crippen LogP contribution in [-0.4, -0.2) is 0 Å². The van der Waals surface area contributed by atoms with Crippen LogP contribution in [0.15, 0.2) is 24.3 Å². The molecule has 3 rings (SSSR count). The Morgan fingerprint density at radius 2 is 1.86 bits per heavy atom. The van der Waals surface area contributed by atoms with Gasteiger partial charge in [0.15, 0.2) is 0 Å². The van der Waals surface area contributed by atoms with Gasteiger partial charge in [-0.05, 0) is 35.8 Å². The number of fused-ring (bicyclic) bond motifs is 1. The Hall–Kier alpha value is -0.820. The Kier molecular flexibility index (Phi) is 1.72. The van der Waals surface area contributed by atoms with Crippen LogP contribution in [0.2, 0.25) is 0 Å². The van der Waals surface area contributed by atoms with Gasteiger partial charge in [-0.3, -0.25) is 0 Å². The van der Waals surface area contributed by atoms with Crippen molar-refractivity contribution < 1.29 is 0 Å². The molecule has 0 bridgehead atoms. The van der Waals surface area contributed by atoms with Crippen LogP contribution in [0.25, 0.3) is 0 Å². The first kappa shape index (κ1) is 8.49. The van der Waals surface area contributed by atoms with E-state index >= 15 is 0 Å². The quantitative estimate of drug-likeness (QED) is 0.664. The van der Waals surface area contributed by atoms with Gasteiger partial charge in [-0.1, -0.05) is 37.1 Å². The highest BCUT2D eigenvalue weighted by atomic mass is 14.7. The smallest absolute Gasteiger partial charge is 0.0358 e. The minimum atomic E-state index is 0.307. The van der Waals surface area contributed by atoms with E-state index in [0.717, 1.165) is 0 Å². The van der Waals surface area contributed by atoms with Crippen LogP contribution in [-0.2, 0) is 6.42 Å². The van der Waals surface area contributed by atoms with Crippen LogP contribution >= 0.6 is 0 Å². The maximum Gasteiger partial charge on any atom is 0.0358 e. The molecule has 0 aliphatic heterocycles. The molecule has 0 saturated heterocycles. The lowest BCUT2D eigenvalue weighted by Gasteiger charge is -2.28. The van der Waals surface area contributed by atoms with Crippen molar-refractivity contribution >= 4 is 0 Å². The van der Waals surface area contributed by atoms with E-state index in [1.165, 1.54) is 43.2 Å². The molecular weight excluding hydrogens is 170 g/mol. The van der Waals surface area contributed by atoms with Crippen LogP contribution in [0.5, 0.6) is 0 Å². The summed E-state index contributed by atoms with van der Waals surface area (Å²) < 4.78 is 0. The van der Waals surface area contributed by atoms with Crippen molar-refractivity contribution in [3.8, 4) is 0 Å². The molecule has 14 heavy (non-hydrogen) atoms. The summed E-state index contributed by atoms with van der Waals surface area (Å²) >= 11 is 0. The number of nitrogens with two attached hydrogens (primary N) is 1. The van der Waals surface area contributed by atoms with Crippen LogP contribution in [0.1, 0.15) is 42.9 Å². The van der Waals surface area contributed by atoms with E-state index < -0.39 is 0 Å². The largest absolute Gasteiger partial charge is 0.323 e. The third-order valence-electron chi connectivity index (χ3n) is 4.19. The van der Waals surface area contributed by atoms with Crippen LogP contribution in [0.4, 0.5) is 0 Å². The zero-order chi connectivity index (χ0) is 9.60. The van der Waals surface area contributed by atoms with Crippen molar-refractivity contribution in [1.82, 2.24) is 0 Å². The van der Waals surface area contributed by atoms with Gasteiger partial charge in [0.2, 0.25) is 0 Å². The minimum absolute atomic E-state index is 0.307. The maximum atomic E-state index is 6.39. The van der Waals surface area contributed by atoms with E-state index in [-0.39, 0.29) is 0 Å². The molecule has 1 aromatic carbocycles. The first-order valence-corrected chi connectivity index (χ1v) is 5.65. The standard InChI is InChI=1S/C13H17N/c14-12-11-6-2-1-5-10(11)9-13(12)7-3-4-8-13/h1-2,5-6,12H,3-4,7-9,14H2. The predicted molar refractivity (Wildman–Crippen MR) is 58.0 cm³/mol. The van der Waals surface area contributed by atoms with Gasteiger partial charge in [0, 0.05) is 6.04 Å². The lowest BCUT2D eigenvalue weighted by atomic mass is 9.80. The lowest BCUT2D eigenvalue weighted by Crippen LogP contribution is -2.28. The maximum absolute atomic E-state index is 6.39. The number of hydrogen-bond donors (Lipinski definition) is 1. The molecule has 2 aliphatic rings. The molecule has 1 fully saturated rings. The zero-order valence-electron chi connectivity index (χ0n) is 8.50. The fourth-order valence-electron chi connectivity index (χ4n) is 3.38. The molecule has 0 heterocycles. The predicted octanol–water partition coefficient (Wildman–Crippen LogP) is 2.80. The normalized spacial score (nSPS) is 28.2. The van der Waals surface area contributed by atoms with Gasteiger partial charge in [-0.25, -0.2) is 0 Å². The molecule has 2 N–H and O–H groups in total. The van der Waals surface area contributed by atoms with Crippen molar-refractivity contribution in [2.75, 3.05) is 0 Å². The molecule has 0 radical (unpaired) electrons. The SMILES string of the molecule is NC1c2ccccc2CC12CCCC2. The van der Waals surface area contributed by atoms with Crippen molar-refractivity contribution in [2.24, 2.45) is 11.1 Å². The second-order valence-corrected chi connectivity index (χ2v) is 4.92. The molecular formula is C13H17N. The molecule has 1 spiro atoms. The Balaban J connectivity index is 2.04. The first-order valence-electron chi connectivity index (χ1n) is 5.65. The van der Waals surface area contributed by atoms with Gasteiger partial charge in [-0.2, -0.15) is 0 Å². The van der Waals surface area contributed by atoms with E-state index in [1.807, 2.05) is 0 Å². The molecule has 2 aliphatic carbocycles. The molecule has 0 aromatic heterocycles. The van der Waals surface area contributed by atoms with E-state index in [2.05, 4.69) is 24.3 Å². The third kappa shape index (κ3) is 0.992. The Morgan fingerprint density at radius 1 is 1.14 bits per heavy atom. The first-order chi connectivity index (χ1) is 6.82. The molecule has 1 atom stereocenters. The molecule has 1 aromatic rings. The Morgan fingerprint density at radius 3 is 2.57 bits per heavy atom. The van der Waals surface area contributed by atoms with Crippen molar-refractivity contribution in [2.45, 2.75) is 38.1 Å². The van der Waals surface area contributed by atoms with E-state index in [1.54, 1.807) is 0 Å². The van der Waals surface area contributed by atoms with Gasteiger partial charge in [0.25, 0.3) is 0 Å². The van der Waals surface area contributed by atoms with E-state index in [9.17, 15) is 0 Å². The minimum Gasteiger partial charge on any atom is -0.323 e. The Labute approximate surface area is 85.3 Å². The third-order valence-corrected chi connectivity index (χ3v) is 4.19. The van der Waals surface area contributed by atoms with Crippen molar-refractivity contribution in [3.05, 3.63) is 35.4 Å². The monoisotopic (exact) mass is 187 g/mol. The number of rotatable bonds is 0. The zero-order valence-corrected chi connectivity index (χ0v) is 8.50. The molecule has 1 nitrogen and oxygen atoms in total. The summed E-state index contributed by atoms with van der Waals surface area (Å²) in [6, 6.07) is 9.03. The summed E-state index contributed by atoms with van der Waals surface area (Å²) in [4.78, 5) is 0. The van der Waals surface area contributed by atoms with E-state index in [0.29, 0.717) is 11.5 Å². The van der Waals surface area contributed by atoms with Crippen LogP contribution < -0.4 is 5.73 Å². The van der Waals surface area contributed by atoms with Gasteiger partial charge < -0.3 is 5.73 Å². The summed E-state index contributed by atoms with van der Waals surface area (Å²) in [5.74, 6) is 0. The fourth-order valence-corrected chi connectivity index (χ4v) is 3.38. The molecule has 0 amide bonds. The fraction of sp³-hybridized carbons (Fsp3) is 0.538. The highest BCUT2D eigenvalue weighted by Crippen LogP contribution is 2.53. The molecule has 1 heteroatoms. The summed E-state index contributed by atoms with van der Waals surface area (Å²) in [5.41, 5.74) is 9.73. The topological polar surface area (TPSA) is 26.0 Å². The molecule has 1 unspecified atom stereocenters. The Bertz CT molecular complexity index is 350. The summed E-state index contributed by atoms with van der Waals surface area (Å²) in [6.45, 7) is 0. The van der Waals surface area contributed by atoms with Crippen LogP contribution in [0.3, 0.4) is 0 Å². The van der Waals surface area contributed by atoms with Crippen LogP contribution in [0, 0.1) is 5.41 Å². The van der Waals surface area contributed by atoms with Crippen molar-refractivity contribution in [1.29, 1.82) is 0 Å². The van der Waals surface area contributed by atoms with E-state index in [4.69, 9.17) is 5.73 Å². The summed E-state index contributed by atoms with van der Waals surface area (Å²) in [5, 5.41) is 0. The number of hydrogen-bond acceptors (Lipinski definition) is 1. The highest BCUT2D eigenvalue weighted by molar-refractivity contribution is 5.38. The molecule has 1 saturated carbocycles.